The second-order valence-electron chi connectivity index (χ2n) is 4.05. The largest absolute Gasteiger partial charge is 0.468 e. The monoisotopic (exact) mass is 297 g/mol. The third-order valence-corrected chi connectivity index (χ3v) is 3.66. The number of ether oxygens (including phenoxy) is 1. The molecule has 106 valence electrons. The summed E-state index contributed by atoms with van der Waals surface area (Å²) < 4.78 is 32.2. The standard InChI is InChI=1S/C14H13F2NO2S/c1-19-14(18)13(17-8-9-4-3-7-20-9)12-10(15)5-2-6-11(12)16/h2-7,13,17H,8H2,1H3. The number of thiophene rings is 1. The van der Waals surface area contributed by atoms with Crippen molar-refractivity contribution in [3.05, 3.63) is 57.8 Å². The lowest BCUT2D eigenvalue weighted by atomic mass is 10.1. The fourth-order valence-electron chi connectivity index (χ4n) is 1.82. The number of nitrogens with one attached hydrogen (secondary N) is 1. The Morgan fingerprint density at radius 3 is 2.55 bits per heavy atom. The van der Waals surface area contributed by atoms with Gasteiger partial charge in [0, 0.05) is 11.4 Å². The van der Waals surface area contributed by atoms with Crippen LogP contribution in [0.3, 0.4) is 0 Å². The van der Waals surface area contributed by atoms with Crippen LogP contribution in [-0.2, 0) is 16.1 Å². The molecule has 0 saturated carbocycles. The van der Waals surface area contributed by atoms with E-state index in [4.69, 9.17) is 0 Å². The van der Waals surface area contributed by atoms with E-state index >= 15 is 0 Å². The van der Waals surface area contributed by atoms with E-state index in [1.807, 2.05) is 17.5 Å². The smallest absolute Gasteiger partial charge is 0.327 e. The van der Waals surface area contributed by atoms with Gasteiger partial charge >= 0.3 is 5.97 Å². The summed E-state index contributed by atoms with van der Waals surface area (Å²) >= 11 is 1.49. The Bertz CT molecular complexity index is 567. The first-order chi connectivity index (χ1) is 9.63. The minimum atomic E-state index is -1.18. The van der Waals surface area contributed by atoms with Crippen LogP contribution in [0.5, 0.6) is 0 Å². The molecular formula is C14H13F2NO2S. The highest BCUT2D eigenvalue weighted by atomic mass is 32.1. The highest BCUT2D eigenvalue weighted by molar-refractivity contribution is 7.09. The van der Waals surface area contributed by atoms with Crippen molar-refractivity contribution in [3.8, 4) is 0 Å². The van der Waals surface area contributed by atoms with Gasteiger partial charge in [0.2, 0.25) is 0 Å². The van der Waals surface area contributed by atoms with Crippen molar-refractivity contribution >= 4 is 17.3 Å². The molecule has 0 saturated heterocycles. The maximum Gasteiger partial charge on any atom is 0.327 e. The van der Waals surface area contributed by atoms with Crippen molar-refractivity contribution < 1.29 is 18.3 Å². The number of carbonyl (C=O) groups excluding carboxylic acids is 1. The maximum absolute atomic E-state index is 13.8. The molecule has 0 aliphatic heterocycles. The lowest BCUT2D eigenvalue weighted by Gasteiger charge is -2.17. The summed E-state index contributed by atoms with van der Waals surface area (Å²) in [5.41, 5.74) is -0.323. The second-order valence-corrected chi connectivity index (χ2v) is 5.08. The number of carbonyl (C=O) groups is 1. The molecule has 1 aromatic carbocycles. The summed E-state index contributed by atoms with van der Waals surface area (Å²) in [7, 11) is 1.18. The van der Waals surface area contributed by atoms with Gasteiger partial charge in [-0.3, -0.25) is 5.32 Å². The van der Waals surface area contributed by atoms with Crippen LogP contribution in [-0.4, -0.2) is 13.1 Å². The van der Waals surface area contributed by atoms with Crippen molar-refractivity contribution in [1.82, 2.24) is 5.32 Å². The molecule has 1 unspecified atom stereocenters. The molecule has 1 N–H and O–H groups in total. The lowest BCUT2D eigenvalue weighted by molar-refractivity contribution is -0.143. The predicted molar refractivity (Wildman–Crippen MR) is 72.3 cm³/mol. The Hall–Kier alpha value is -1.79. The van der Waals surface area contributed by atoms with Crippen LogP contribution in [0, 0.1) is 11.6 Å². The zero-order valence-electron chi connectivity index (χ0n) is 10.7. The number of hydrogen-bond acceptors (Lipinski definition) is 4. The van der Waals surface area contributed by atoms with E-state index in [0.717, 1.165) is 17.0 Å². The minimum Gasteiger partial charge on any atom is -0.468 e. The van der Waals surface area contributed by atoms with E-state index in [9.17, 15) is 13.6 Å². The first-order valence-corrected chi connectivity index (χ1v) is 6.79. The molecule has 0 aliphatic rings. The Morgan fingerprint density at radius 1 is 1.30 bits per heavy atom. The summed E-state index contributed by atoms with van der Waals surface area (Å²) in [4.78, 5) is 12.7. The van der Waals surface area contributed by atoms with Crippen LogP contribution >= 0.6 is 11.3 Å². The normalized spacial score (nSPS) is 12.2. The van der Waals surface area contributed by atoms with Gasteiger partial charge in [0.15, 0.2) is 0 Å². The van der Waals surface area contributed by atoms with Crippen molar-refractivity contribution in [2.75, 3.05) is 7.11 Å². The summed E-state index contributed by atoms with van der Waals surface area (Å²) in [5, 5.41) is 4.71. The third-order valence-electron chi connectivity index (χ3n) is 2.79. The quantitative estimate of drug-likeness (QED) is 0.862. The summed E-state index contributed by atoms with van der Waals surface area (Å²) in [5.74, 6) is -2.29. The molecule has 2 aromatic rings. The van der Waals surface area contributed by atoms with Crippen LogP contribution in [0.2, 0.25) is 0 Å². The van der Waals surface area contributed by atoms with E-state index in [1.54, 1.807) is 0 Å². The van der Waals surface area contributed by atoms with Crippen molar-refractivity contribution in [2.45, 2.75) is 12.6 Å². The zero-order valence-corrected chi connectivity index (χ0v) is 11.5. The fraction of sp³-hybridized carbons (Fsp3) is 0.214. The van der Waals surface area contributed by atoms with Gasteiger partial charge in [-0.25, -0.2) is 13.6 Å². The van der Waals surface area contributed by atoms with Gasteiger partial charge in [-0.15, -0.1) is 11.3 Å². The van der Waals surface area contributed by atoms with Gasteiger partial charge in [0.1, 0.15) is 17.7 Å². The number of rotatable bonds is 5. The van der Waals surface area contributed by atoms with Gasteiger partial charge in [0.25, 0.3) is 0 Å². The van der Waals surface area contributed by atoms with E-state index < -0.39 is 23.6 Å². The van der Waals surface area contributed by atoms with E-state index in [0.29, 0.717) is 6.54 Å². The Morgan fingerprint density at radius 2 is 2.00 bits per heavy atom. The highest BCUT2D eigenvalue weighted by Crippen LogP contribution is 2.22. The Labute approximate surface area is 119 Å². The van der Waals surface area contributed by atoms with Crippen LogP contribution in [0.25, 0.3) is 0 Å². The molecule has 0 amide bonds. The molecule has 1 heterocycles. The topological polar surface area (TPSA) is 38.3 Å². The average molecular weight is 297 g/mol. The molecule has 1 atom stereocenters. The summed E-state index contributed by atoms with van der Waals surface area (Å²) in [6.45, 7) is 0.325. The van der Waals surface area contributed by atoms with Gasteiger partial charge in [0.05, 0.1) is 12.7 Å². The molecule has 0 aliphatic carbocycles. The molecule has 20 heavy (non-hydrogen) atoms. The van der Waals surface area contributed by atoms with Crippen LogP contribution in [0.15, 0.2) is 35.7 Å². The van der Waals surface area contributed by atoms with Gasteiger partial charge in [-0.05, 0) is 23.6 Å². The molecule has 6 heteroatoms. The number of halogens is 2. The first kappa shape index (κ1) is 14.6. The van der Waals surface area contributed by atoms with Crippen LogP contribution in [0.1, 0.15) is 16.5 Å². The molecule has 0 spiro atoms. The SMILES string of the molecule is COC(=O)C(NCc1cccs1)c1c(F)cccc1F. The number of methoxy groups -OCH3 is 1. The molecule has 3 nitrogen and oxygen atoms in total. The van der Waals surface area contributed by atoms with Crippen LogP contribution in [0.4, 0.5) is 8.78 Å². The van der Waals surface area contributed by atoms with E-state index in [-0.39, 0.29) is 5.56 Å². The van der Waals surface area contributed by atoms with E-state index in [1.165, 1.54) is 24.5 Å². The maximum atomic E-state index is 13.8. The highest BCUT2D eigenvalue weighted by Gasteiger charge is 2.27. The number of esters is 1. The van der Waals surface area contributed by atoms with Crippen LogP contribution < -0.4 is 5.32 Å². The number of benzene rings is 1. The summed E-state index contributed by atoms with van der Waals surface area (Å²) in [6, 6.07) is 6.02. The molecule has 1 aromatic heterocycles. The van der Waals surface area contributed by atoms with Gasteiger partial charge < -0.3 is 4.74 Å². The van der Waals surface area contributed by atoms with Crippen molar-refractivity contribution in [3.63, 3.8) is 0 Å². The Kier molecular flexibility index (Phi) is 4.81. The molecule has 0 bridgehead atoms. The Balaban J connectivity index is 2.25. The molecule has 0 fully saturated rings. The molecule has 0 radical (unpaired) electrons. The number of hydrogen-bond donors (Lipinski definition) is 1. The fourth-order valence-corrected chi connectivity index (χ4v) is 2.48. The molecule has 2 rings (SSSR count). The van der Waals surface area contributed by atoms with Gasteiger partial charge in [-0.1, -0.05) is 12.1 Å². The van der Waals surface area contributed by atoms with Crippen molar-refractivity contribution in [2.24, 2.45) is 0 Å². The van der Waals surface area contributed by atoms with Crippen molar-refractivity contribution in [1.29, 1.82) is 0 Å². The van der Waals surface area contributed by atoms with E-state index in [2.05, 4.69) is 10.1 Å². The lowest BCUT2D eigenvalue weighted by Crippen LogP contribution is -2.30. The predicted octanol–water partition coefficient (Wildman–Crippen LogP) is 3.03. The second kappa shape index (κ2) is 6.58. The van der Waals surface area contributed by atoms with Gasteiger partial charge in [-0.2, -0.15) is 0 Å². The summed E-state index contributed by atoms with van der Waals surface area (Å²) in [6.07, 6.45) is 0. The molecular weight excluding hydrogens is 284 g/mol. The zero-order chi connectivity index (χ0) is 14.5. The minimum absolute atomic E-state index is 0.323. The first-order valence-electron chi connectivity index (χ1n) is 5.91. The third kappa shape index (κ3) is 3.20. The average Bonchev–Trinajstić information content (AvgIpc) is 2.94.